The van der Waals surface area contributed by atoms with Crippen molar-refractivity contribution in [3.05, 3.63) is 23.7 Å². The Kier molecular flexibility index (Phi) is 3.99. The SMILES string of the molecule is C#CC(CCC)NC(=O)c1ccc(C)o1. The molecule has 0 aromatic carbocycles. The number of terminal acetylenes is 1. The number of hydrogen-bond donors (Lipinski definition) is 1. The third-order valence-corrected chi connectivity index (χ3v) is 2.05. The monoisotopic (exact) mass is 205 g/mol. The summed E-state index contributed by atoms with van der Waals surface area (Å²) in [7, 11) is 0. The molecule has 0 radical (unpaired) electrons. The Balaban J connectivity index is 2.59. The minimum atomic E-state index is -0.250. The van der Waals surface area contributed by atoms with Crippen LogP contribution in [0.2, 0.25) is 0 Å². The van der Waals surface area contributed by atoms with E-state index in [2.05, 4.69) is 11.2 Å². The number of amides is 1. The molecule has 0 saturated heterocycles. The van der Waals surface area contributed by atoms with Gasteiger partial charge >= 0.3 is 0 Å². The van der Waals surface area contributed by atoms with Crippen molar-refractivity contribution in [1.29, 1.82) is 0 Å². The molecule has 0 aliphatic rings. The first kappa shape index (κ1) is 11.4. The van der Waals surface area contributed by atoms with Gasteiger partial charge in [-0.3, -0.25) is 4.79 Å². The summed E-state index contributed by atoms with van der Waals surface area (Å²) < 4.78 is 5.19. The van der Waals surface area contributed by atoms with Crippen molar-refractivity contribution in [2.24, 2.45) is 0 Å². The molecule has 0 fully saturated rings. The van der Waals surface area contributed by atoms with E-state index in [0.717, 1.165) is 12.8 Å². The van der Waals surface area contributed by atoms with Gasteiger partial charge in [0, 0.05) is 0 Å². The van der Waals surface area contributed by atoms with Crippen LogP contribution in [0.5, 0.6) is 0 Å². The van der Waals surface area contributed by atoms with Crippen molar-refractivity contribution in [3.63, 3.8) is 0 Å². The highest BCUT2D eigenvalue weighted by Crippen LogP contribution is 2.06. The summed E-state index contributed by atoms with van der Waals surface area (Å²) in [6.07, 6.45) is 7.01. The summed E-state index contributed by atoms with van der Waals surface area (Å²) in [5.41, 5.74) is 0. The lowest BCUT2D eigenvalue weighted by atomic mass is 10.2. The lowest BCUT2D eigenvalue weighted by molar-refractivity contribution is 0.0915. The van der Waals surface area contributed by atoms with Crippen molar-refractivity contribution in [2.75, 3.05) is 0 Å². The Labute approximate surface area is 89.9 Å². The van der Waals surface area contributed by atoms with Crippen LogP contribution in [0.1, 0.15) is 36.1 Å². The van der Waals surface area contributed by atoms with Crippen molar-refractivity contribution in [3.8, 4) is 12.3 Å². The molecule has 3 nitrogen and oxygen atoms in total. The van der Waals surface area contributed by atoms with E-state index in [-0.39, 0.29) is 11.9 Å². The van der Waals surface area contributed by atoms with E-state index in [1.54, 1.807) is 19.1 Å². The summed E-state index contributed by atoms with van der Waals surface area (Å²) in [5.74, 6) is 3.31. The first-order valence-corrected chi connectivity index (χ1v) is 5.00. The van der Waals surface area contributed by atoms with Gasteiger partial charge in [-0.25, -0.2) is 0 Å². The first-order valence-electron chi connectivity index (χ1n) is 5.00. The molecule has 0 spiro atoms. The molecule has 1 amide bonds. The molecular formula is C12H15NO2. The van der Waals surface area contributed by atoms with Crippen LogP contribution in [0.15, 0.2) is 16.5 Å². The number of aryl methyl sites for hydroxylation is 1. The van der Waals surface area contributed by atoms with Gasteiger partial charge in [-0.2, -0.15) is 0 Å². The zero-order chi connectivity index (χ0) is 11.3. The van der Waals surface area contributed by atoms with Gasteiger partial charge in [0.2, 0.25) is 0 Å². The molecule has 1 unspecified atom stereocenters. The average Bonchev–Trinajstić information content (AvgIpc) is 2.64. The van der Waals surface area contributed by atoms with E-state index in [4.69, 9.17) is 10.8 Å². The van der Waals surface area contributed by atoms with Gasteiger partial charge in [0.25, 0.3) is 5.91 Å². The third kappa shape index (κ3) is 3.17. The smallest absolute Gasteiger partial charge is 0.287 e. The van der Waals surface area contributed by atoms with Crippen LogP contribution >= 0.6 is 0 Å². The first-order chi connectivity index (χ1) is 7.17. The van der Waals surface area contributed by atoms with Gasteiger partial charge < -0.3 is 9.73 Å². The molecule has 1 aromatic heterocycles. The predicted octanol–water partition coefficient (Wildman–Crippen LogP) is 2.12. The highest BCUT2D eigenvalue weighted by Gasteiger charge is 2.13. The van der Waals surface area contributed by atoms with Crippen molar-refractivity contribution in [2.45, 2.75) is 32.7 Å². The predicted molar refractivity (Wildman–Crippen MR) is 58.4 cm³/mol. The van der Waals surface area contributed by atoms with Crippen molar-refractivity contribution < 1.29 is 9.21 Å². The fraction of sp³-hybridized carbons (Fsp3) is 0.417. The zero-order valence-corrected chi connectivity index (χ0v) is 9.04. The third-order valence-electron chi connectivity index (χ3n) is 2.05. The Bertz CT molecular complexity index is 373. The maximum absolute atomic E-state index is 11.6. The largest absolute Gasteiger partial charge is 0.456 e. The van der Waals surface area contributed by atoms with E-state index >= 15 is 0 Å². The van der Waals surface area contributed by atoms with Gasteiger partial charge in [-0.1, -0.05) is 19.3 Å². The topological polar surface area (TPSA) is 42.2 Å². The molecule has 1 aromatic rings. The molecule has 0 bridgehead atoms. The fourth-order valence-corrected chi connectivity index (χ4v) is 1.27. The Morgan fingerprint density at radius 2 is 2.40 bits per heavy atom. The molecule has 1 rings (SSSR count). The number of furan rings is 1. The lowest BCUT2D eigenvalue weighted by Crippen LogP contribution is -2.33. The van der Waals surface area contributed by atoms with Gasteiger partial charge in [0.05, 0.1) is 6.04 Å². The van der Waals surface area contributed by atoms with Crippen LogP contribution in [0.4, 0.5) is 0 Å². The number of carbonyl (C=O) groups is 1. The highest BCUT2D eigenvalue weighted by molar-refractivity contribution is 5.91. The van der Waals surface area contributed by atoms with Crippen molar-refractivity contribution >= 4 is 5.91 Å². The van der Waals surface area contributed by atoms with Gasteiger partial charge in [0.1, 0.15) is 5.76 Å². The molecule has 0 aliphatic heterocycles. The normalized spacial score (nSPS) is 11.8. The summed E-state index contributed by atoms with van der Waals surface area (Å²) >= 11 is 0. The van der Waals surface area contributed by atoms with E-state index in [1.807, 2.05) is 6.92 Å². The second-order valence-electron chi connectivity index (χ2n) is 3.39. The van der Waals surface area contributed by atoms with Crippen LogP contribution in [0, 0.1) is 19.3 Å². The maximum Gasteiger partial charge on any atom is 0.287 e. The van der Waals surface area contributed by atoms with E-state index in [9.17, 15) is 4.79 Å². The van der Waals surface area contributed by atoms with Crippen molar-refractivity contribution in [1.82, 2.24) is 5.32 Å². The lowest BCUT2D eigenvalue weighted by Gasteiger charge is -2.10. The number of nitrogens with one attached hydrogen (secondary N) is 1. The summed E-state index contributed by atoms with van der Waals surface area (Å²) in [6, 6.07) is 3.18. The van der Waals surface area contributed by atoms with E-state index in [1.165, 1.54) is 0 Å². The molecule has 1 N–H and O–H groups in total. The maximum atomic E-state index is 11.6. The Morgan fingerprint density at radius 3 is 2.87 bits per heavy atom. The van der Waals surface area contributed by atoms with E-state index in [0.29, 0.717) is 11.5 Å². The molecule has 15 heavy (non-hydrogen) atoms. The van der Waals surface area contributed by atoms with Crippen LogP contribution in [0.25, 0.3) is 0 Å². The second kappa shape index (κ2) is 5.26. The van der Waals surface area contributed by atoms with Crippen LogP contribution in [0.3, 0.4) is 0 Å². The van der Waals surface area contributed by atoms with E-state index < -0.39 is 0 Å². The number of carbonyl (C=O) groups excluding carboxylic acids is 1. The molecule has 0 saturated carbocycles. The minimum Gasteiger partial charge on any atom is -0.456 e. The standard InChI is InChI=1S/C12H15NO2/c1-4-6-10(5-2)13-12(14)11-8-7-9(3)15-11/h2,7-8,10H,4,6H2,1,3H3,(H,13,14). The summed E-state index contributed by atoms with van der Waals surface area (Å²) in [6.45, 7) is 3.81. The molecule has 3 heteroatoms. The van der Waals surface area contributed by atoms with Crippen LogP contribution in [-0.4, -0.2) is 11.9 Å². The number of hydrogen-bond acceptors (Lipinski definition) is 2. The Hall–Kier alpha value is -1.69. The number of rotatable bonds is 4. The quantitative estimate of drug-likeness (QED) is 0.765. The van der Waals surface area contributed by atoms with Crippen LogP contribution < -0.4 is 5.32 Å². The minimum absolute atomic E-state index is 0.215. The van der Waals surface area contributed by atoms with Gasteiger partial charge in [0.15, 0.2) is 5.76 Å². The molecule has 0 aliphatic carbocycles. The molecule has 80 valence electrons. The van der Waals surface area contributed by atoms with Gasteiger partial charge in [-0.15, -0.1) is 6.42 Å². The fourth-order valence-electron chi connectivity index (χ4n) is 1.27. The average molecular weight is 205 g/mol. The zero-order valence-electron chi connectivity index (χ0n) is 9.04. The highest BCUT2D eigenvalue weighted by atomic mass is 16.3. The summed E-state index contributed by atoms with van der Waals surface area (Å²) in [4.78, 5) is 11.6. The second-order valence-corrected chi connectivity index (χ2v) is 3.39. The van der Waals surface area contributed by atoms with Gasteiger partial charge in [-0.05, 0) is 25.5 Å². The molecule has 1 heterocycles. The van der Waals surface area contributed by atoms with Crippen LogP contribution in [-0.2, 0) is 0 Å². The molecule has 1 atom stereocenters. The molecular weight excluding hydrogens is 190 g/mol. The summed E-state index contributed by atoms with van der Waals surface area (Å²) in [5, 5.41) is 2.73. The Morgan fingerprint density at radius 1 is 1.67 bits per heavy atom.